The fourth-order valence-electron chi connectivity index (χ4n) is 6.67. The predicted octanol–water partition coefficient (Wildman–Crippen LogP) is 15.4. The van der Waals surface area contributed by atoms with Gasteiger partial charge in [-0.25, -0.2) is 11.1 Å². The van der Waals surface area contributed by atoms with Crippen LogP contribution in [0, 0.1) is 12.1 Å². The number of hydrogen-bond donors (Lipinski definition) is 0. The van der Waals surface area contributed by atoms with Gasteiger partial charge in [-0.15, -0.1) is 23.3 Å². The molecular formula is C50H60Y-2. The molecule has 0 fully saturated rings. The zero-order valence-corrected chi connectivity index (χ0v) is 36.3. The zero-order chi connectivity index (χ0) is 37.1. The van der Waals surface area contributed by atoms with E-state index in [0.717, 1.165) is 11.1 Å². The fraction of sp³-hybridized carbons (Fsp3) is 0.280. The van der Waals surface area contributed by atoms with Crippen LogP contribution in [0.3, 0.4) is 0 Å². The van der Waals surface area contributed by atoms with E-state index in [4.69, 9.17) is 0 Å². The molecular weight excluding hydrogens is 689 g/mol. The van der Waals surface area contributed by atoms with Crippen molar-refractivity contribution < 1.29 is 32.7 Å². The summed E-state index contributed by atoms with van der Waals surface area (Å²) in [4.78, 5) is 0. The average molecular weight is 750 g/mol. The first-order valence-corrected chi connectivity index (χ1v) is 19.3. The Kier molecular flexibility index (Phi) is 21.9. The van der Waals surface area contributed by atoms with Gasteiger partial charge in [0.15, 0.2) is 0 Å². The first kappa shape index (κ1) is 45.4. The third-order valence-corrected chi connectivity index (χ3v) is 8.28. The van der Waals surface area contributed by atoms with Crippen molar-refractivity contribution in [2.45, 2.75) is 94.9 Å². The van der Waals surface area contributed by atoms with Crippen LogP contribution in [0.25, 0.3) is 33.4 Å². The van der Waals surface area contributed by atoms with Crippen LogP contribution in [0.4, 0.5) is 0 Å². The summed E-state index contributed by atoms with van der Waals surface area (Å²) in [5.41, 5.74) is 15.7. The van der Waals surface area contributed by atoms with Crippen molar-refractivity contribution in [1.29, 1.82) is 0 Å². The van der Waals surface area contributed by atoms with E-state index in [0.29, 0.717) is 0 Å². The van der Waals surface area contributed by atoms with Gasteiger partial charge >= 0.3 is 0 Å². The molecule has 0 N–H and O–H groups in total. The Morgan fingerprint density at radius 2 is 0.569 bits per heavy atom. The minimum Gasteiger partial charge on any atom is -0.226 e. The molecule has 0 amide bonds. The van der Waals surface area contributed by atoms with Gasteiger partial charge in [-0.05, 0) is 44.5 Å². The Bertz CT molecular complexity index is 1620. The Labute approximate surface area is 337 Å². The van der Waals surface area contributed by atoms with Crippen LogP contribution in [0.15, 0.2) is 133 Å². The van der Waals surface area contributed by atoms with Gasteiger partial charge in [-0.2, -0.15) is 36.4 Å². The van der Waals surface area contributed by atoms with E-state index in [-0.39, 0.29) is 44.5 Å². The summed E-state index contributed by atoms with van der Waals surface area (Å²) in [6.07, 6.45) is 0. The molecule has 2 aliphatic rings. The van der Waals surface area contributed by atoms with Gasteiger partial charge in [0, 0.05) is 44.5 Å². The Morgan fingerprint density at radius 3 is 0.824 bits per heavy atom. The van der Waals surface area contributed by atoms with Crippen molar-refractivity contribution in [2.24, 2.45) is 0 Å². The molecule has 51 heavy (non-hydrogen) atoms. The molecule has 0 atom stereocenters. The van der Waals surface area contributed by atoms with Gasteiger partial charge < -0.3 is 0 Å². The molecule has 1 radical (unpaired) electrons. The minimum absolute atomic E-state index is 0. The van der Waals surface area contributed by atoms with Crippen molar-refractivity contribution in [3.8, 4) is 33.4 Å². The van der Waals surface area contributed by atoms with Gasteiger partial charge in [-0.1, -0.05) is 180 Å². The molecule has 0 saturated carbocycles. The molecule has 1 heteroatoms. The van der Waals surface area contributed by atoms with E-state index in [2.05, 4.69) is 146 Å². The molecule has 0 bridgehead atoms. The summed E-state index contributed by atoms with van der Waals surface area (Å²) in [5.74, 6) is 0.458. The normalized spacial score (nSPS) is 10.8. The maximum absolute atomic E-state index is 3.52. The first-order chi connectivity index (χ1) is 24.9. The van der Waals surface area contributed by atoms with Crippen molar-refractivity contribution in [2.75, 3.05) is 0 Å². The third-order valence-electron chi connectivity index (χ3n) is 8.28. The van der Waals surface area contributed by atoms with E-state index < -0.39 is 0 Å². The summed E-state index contributed by atoms with van der Waals surface area (Å²) in [7, 11) is 0. The van der Waals surface area contributed by atoms with Crippen molar-refractivity contribution in [3.63, 3.8) is 0 Å². The Balaban J connectivity index is 0.000000914. The quantitative estimate of drug-likeness (QED) is 0.158. The molecule has 0 unspecified atom stereocenters. The minimum atomic E-state index is 0. The molecule has 2 aliphatic carbocycles. The van der Waals surface area contributed by atoms with Crippen LogP contribution in [0.1, 0.15) is 128 Å². The standard InChI is InChI=1S/C38H24.6C2H6.Y/c1-5-19-33-29(15-1)30-16-2-6-20-34(30)37(33)27-13-9-11-25(23-27)26-12-10-14-28(24-26)38-35-21-7-3-17-31(35)32-18-4-8-22-36(32)38;6*1-2;/h1-10,13-24,37-38H;6*1-2H3;/q-2;;;;;;;. The van der Waals surface area contributed by atoms with Crippen LogP contribution in [0.2, 0.25) is 0 Å². The van der Waals surface area contributed by atoms with Crippen molar-refractivity contribution >= 4 is 0 Å². The summed E-state index contributed by atoms with van der Waals surface area (Å²) in [5, 5.41) is 0. The topological polar surface area (TPSA) is 0 Å². The molecule has 8 rings (SSSR count). The Morgan fingerprint density at radius 1 is 0.333 bits per heavy atom. The van der Waals surface area contributed by atoms with E-state index >= 15 is 0 Å². The second kappa shape index (κ2) is 24.6. The number of hydrogen-bond acceptors (Lipinski definition) is 0. The van der Waals surface area contributed by atoms with Crippen molar-refractivity contribution in [1.82, 2.24) is 0 Å². The van der Waals surface area contributed by atoms with Crippen LogP contribution in [-0.2, 0) is 32.7 Å². The van der Waals surface area contributed by atoms with Crippen LogP contribution >= 0.6 is 0 Å². The first-order valence-electron chi connectivity index (χ1n) is 19.3. The van der Waals surface area contributed by atoms with Gasteiger partial charge in [0.25, 0.3) is 0 Å². The van der Waals surface area contributed by atoms with Gasteiger partial charge in [0.1, 0.15) is 0 Å². The molecule has 0 spiro atoms. The zero-order valence-electron chi connectivity index (χ0n) is 33.4. The maximum atomic E-state index is 3.52. The van der Waals surface area contributed by atoms with Gasteiger partial charge in [-0.3, -0.25) is 0 Å². The summed E-state index contributed by atoms with van der Waals surface area (Å²) in [6.45, 7) is 24.0. The van der Waals surface area contributed by atoms with Crippen molar-refractivity contribution in [3.05, 3.63) is 179 Å². The number of fused-ring (bicyclic) bond motifs is 6. The molecule has 0 heterocycles. The molecule has 0 saturated heterocycles. The van der Waals surface area contributed by atoms with E-state index in [1.165, 1.54) is 55.6 Å². The third kappa shape index (κ3) is 9.85. The second-order valence-corrected chi connectivity index (χ2v) is 10.3. The largest absolute Gasteiger partial charge is 0.226 e. The summed E-state index contributed by atoms with van der Waals surface area (Å²) < 4.78 is 0. The molecule has 265 valence electrons. The number of benzene rings is 6. The molecule has 0 nitrogen and oxygen atoms in total. The van der Waals surface area contributed by atoms with Crippen LogP contribution in [0.5, 0.6) is 0 Å². The maximum Gasteiger partial charge on any atom is 0.0176 e. The molecule has 6 aromatic rings. The molecule has 6 aromatic carbocycles. The van der Waals surface area contributed by atoms with E-state index in [1.54, 1.807) is 0 Å². The van der Waals surface area contributed by atoms with Gasteiger partial charge in [0.05, 0.1) is 0 Å². The molecule has 0 aromatic heterocycles. The van der Waals surface area contributed by atoms with Crippen LogP contribution in [-0.4, -0.2) is 0 Å². The predicted molar refractivity (Wildman–Crippen MR) is 223 cm³/mol. The monoisotopic (exact) mass is 749 g/mol. The smallest absolute Gasteiger partial charge is 0.0176 e. The van der Waals surface area contributed by atoms with E-state index in [1.807, 2.05) is 83.1 Å². The fourth-order valence-corrected chi connectivity index (χ4v) is 6.67. The SMILES string of the molecule is CC.CC.CC.CC.CC.CC.[Y].[c-]1ccc(C2c3ccccc3-c3ccccc32)cc1-c1[c-]ccc(C2c3ccccc3-c3ccccc32)c1. The Hall–Kier alpha value is -3.58. The summed E-state index contributed by atoms with van der Waals surface area (Å²) >= 11 is 0. The second-order valence-electron chi connectivity index (χ2n) is 10.3. The van der Waals surface area contributed by atoms with E-state index in [9.17, 15) is 0 Å². The van der Waals surface area contributed by atoms with Gasteiger partial charge in [0.2, 0.25) is 0 Å². The molecule has 0 aliphatic heterocycles. The number of rotatable bonds is 3. The summed E-state index contributed by atoms with van der Waals surface area (Å²) in [6, 6.07) is 55.6. The van der Waals surface area contributed by atoms with Crippen LogP contribution < -0.4 is 0 Å². The average Bonchev–Trinajstić information content (AvgIpc) is 3.76.